The smallest absolute Gasteiger partial charge is 0.244 e. The lowest BCUT2D eigenvalue weighted by Gasteiger charge is -2.09. The van der Waals surface area contributed by atoms with Gasteiger partial charge in [0, 0.05) is 12.6 Å². The van der Waals surface area contributed by atoms with Gasteiger partial charge in [-0.15, -0.1) is 0 Å². The summed E-state index contributed by atoms with van der Waals surface area (Å²) in [6.45, 7) is -0.306. The summed E-state index contributed by atoms with van der Waals surface area (Å²) in [6.07, 6.45) is 1.87. The third-order valence-electron chi connectivity index (χ3n) is 2.84. The Bertz CT molecular complexity index is 673. The second kappa shape index (κ2) is 5.87. The second-order valence-corrected chi connectivity index (χ2v) is 6.22. The van der Waals surface area contributed by atoms with Gasteiger partial charge in [0.15, 0.2) is 0 Å². The average molecular weight is 301 g/mol. The fourth-order valence-corrected chi connectivity index (χ4v) is 3.00. The van der Waals surface area contributed by atoms with Crippen LogP contribution in [0, 0.1) is 29.4 Å². The Morgan fingerprint density at radius 1 is 1.35 bits per heavy atom. The van der Waals surface area contributed by atoms with Crippen LogP contribution in [0.1, 0.15) is 18.4 Å². The van der Waals surface area contributed by atoms with Crippen molar-refractivity contribution in [3.8, 4) is 11.8 Å². The number of rotatable bonds is 4. The van der Waals surface area contributed by atoms with Crippen LogP contribution in [0.3, 0.4) is 0 Å². The number of aliphatic hydroxyl groups excluding tert-OH is 1. The van der Waals surface area contributed by atoms with Gasteiger partial charge < -0.3 is 5.11 Å². The van der Waals surface area contributed by atoms with Crippen LogP contribution < -0.4 is 4.72 Å². The zero-order valence-electron chi connectivity index (χ0n) is 10.5. The number of aliphatic hydroxyl groups is 1. The predicted molar refractivity (Wildman–Crippen MR) is 68.2 cm³/mol. The Kier molecular flexibility index (Phi) is 4.38. The zero-order valence-corrected chi connectivity index (χ0v) is 11.3. The minimum Gasteiger partial charge on any atom is -0.384 e. The topological polar surface area (TPSA) is 66.4 Å². The molecule has 1 aromatic carbocycles. The van der Waals surface area contributed by atoms with Gasteiger partial charge in [0.25, 0.3) is 0 Å². The molecule has 1 saturated carbocycles. The third-order valence-corrected chi connectivity index (χ3v) is 4.34. The van der Waals surface area contributed by atoms with Gasteiger partial charge in [-0.1, -0.05) is 11.8 Å². The van der Waals surface area contributed by atoms with Gasteiger partial charge in [-0.2, -0.15) is 0 Å². The molecule has 0 atom stereocenters. The van der Waals surface area contributed by atoms with Gasteiger partial charge >= 0.3 is 0 Å². The monoisotopic (exact) mass is 301 g/mol. The lowest BCUT2D eigenvalue weighted by atomic mass is 10.2. The zero-order chi connectivity index (χ0) is 14.8. The van der Waals surface area contributed by atoms with Crippen LogP contribution >= 0.6 is 0 Å². The molecule has 1 aromatic rings. The third kappa shape index (κ3) is 3.54. The number of benzene rings is 1. The van der Waals surface area contributed by atoms with Gasteiger partial charge in [0.1, 0.15) is 23.1 Å². The van der Waals surface area contributed by atoms with E-state index in [1.807, 2.05) is 0 Å². The molecule has 2 rings (SSSR count). The van der Waals surface area contributed by atoms with Gasteiger partial charge in [0.05, 0.1) is 5.56 Å². The number of hydrogen-bond acceptors (Lipinski definition) is 3. The van der Waals surface area contributed by atoms with E-state index >= 15 is 0 Å². The van der Waals surface area contributed by atoms with Gasteiger partial charge in [-0.3, -0.25) is 0 Å². The molecule has 108 valence electrons. The molecular weight excluding hydrogens is 288 g/mol. The Morgan fingerprint density at radius 3 is 2.65 bits per heavy atom. The number of sulfonamides is 1. The largest absolute Gasteiger partial charge is 0.384 e. The first-order chi connectivity index (χ1) is 9.44. The summed E-state index contributed by atoms with van der Waals surface area (Å²) in [5.41, 5.74) is -0.306. The van der Waals surface area contributed by atoms with Crippen molar-refractivity contribution in [2.24, 2.45) is 5.92 Å². The molecule has 2 N–H and O–H groups in total. The molecule has 20 heavy (non-hydrogen) atoms. The highest BCUT2D eigenvalue weighted by molar-refractivity contribution is 7.89. The second-order valence-electron chi connectivity index (χ2n) is 4.52. The fourth-order valence-electron chi connectivity index (χ4n) is 1.68. The number of hydrogen-bond donors (Lipinski definition) is 2. The fraction of sp³-hybridized carbons (Fsp3) is 0.385. The SMILES string of the molecule is O=S(=O)(NCC1CC1)c1c(F)cc(F)cc1C#CCO. The van der Waals surface area contributed by atoms with E-state index in [0.717, 1.165) is 18.9 Å². The first kappa shape index (κ1) is 14.9. The van der Waals surface area contributed by atoms with Crippen LogP contribution in [-0.2, 0) is 10.0 Å². The van der Waals surface area contributed by atoms with Crippen molar-refractivity contribution in [1.82, 2.24) is 4.72 Å². The molecule has 0 spiro atoms. The molecule has 1 aliphatic carbocycles. The van der Waals surface area contributed by atoms with Crippen LogP contribution in [0.25, 0.3) is 0 Å². The molecule has 0 aliphatic heterocycles. The molecule has 1 fully saturated rings. The molecule has 4 nitrogen and oxygen atoms in total. The molecule has 0 saturated heterocycles. The standard InChI is InChI=1S/C13H13F2NO3S/c14-11-6-10(2-1-5-17)13(12(15)7-11)20(18,19)16-8-9-3-4-9/h6-7,9,16-17H,3-5,8H2. The molecule has 0 bridgehead atoms. The van der Waals surface area contributed by atoms with Crippen LogP contribution in [0.5, 0.6) is 0 Å². The van der Waals surface area contributed by atoms with Crippen molar-refractivity contribution in [2.75, 3.05) is 13.2 Å². The van der Waals surface area contributed by atoms with Crippen molar-refractivity contribution in [3.63, 3.8) is 0 Å². The van der Waals surface area contributed by atoms with E-state index in [2.05, 4.69) is 16.6 Å². The molecule has 1 aliphatic rings. The van der Waals surface area contributed by atoms with Crippen LogP contribution in [0.4, 0.5) is 8.78 Å². The van der Waals surface area contributed by atoms with Crippen molar-refractivity contribution in [1.29, 1.82) is 0 Å². The van der Waals surface area contributed by atoms with Gasteiger partial charge in [-0.05, 0) is 24.8 Å². The molecule has 0 unspecified atom stereocenters. The Balaban J connectivity index is 2.41. The minimum atomic E-state index is -4.10. The molecule has 0 amide bonds. The lowest BCUT2D eigenvalue weighted by Crippen LogP contribution is -2.27. The van der Waals surface area contributed by atoms with Crippen LogP contribution in [0.15, 0.2) is 17.0 Å². The Morgan fingerprint density at radius 2 is 2.05 bits per heavy atom. The van der Waals surface area contributed by atoms with E-state index in [1.165, 1.54) is 0 Å². The summed E-state index contributed by atoms with van der Waals surface area (Å²) < 4.78 is 53.4. The quantitative estimate of drug-likeness (QED) is 0.815. The van der Waals surface area contributed by atoms with E-state index in [4.69, 9.17) is 5.11 Å². The highest BCUT2D eigenvalue weighted by atomic mass is 32.2. The van der Waals surface area contributed by atoms with E-state index in [1.54, 1.807) is 0 Å². The normalized spacial score (nSPS) is 14.8. The number of halogens is 2. The van der Waals surface area contributed by atoms with Crippen molar-refractivity contribution >= 4 is 10.0 Å². The van der Waals surface area contributed by atoms with Crippen molar-refractivity contribution in [2.45, 2.75) is 17.7 Å². The maximum absolute atomic E-state index is 13.8. The van der Waals surface area contributed by atoms with Crippen LogP contribution in [-0.4, -0.2) is 26.7 Å². The highest BCUT2D eigenvalue weighted by Gasteiger charge is 2.28. The predicted octanol–water partition coefficient (Wildman–Crippen LogP) is 0.997. The lowest BCUT2D eigenvalue weighted by molar-refractivity contribution is 0.350. The highest BCUT2D eigenvalue weighted by Crippen LogP contribution is 2.28. The maximum Gasteiger partial charge on any atom is 0.244 e. The summed E-state index contributed by atoms with van der Waals surface area (Å²) >= 11 is 0. The summed E-state index contributed by atoms with van der Waals surface area (Å²) in [5.74, 6) is 2.60. The Labute approximate surface area is 115 Å². The summed E-state index contributed by atoms with van der Waals surface area (Å²) in [7, 11) is -4.10. The van der Waals surface area contributed by atoms with E-state index in [9.17, 15) is 17.2 Å². The first-order valence-electron chi connectivity index (χ1n) is 6.02. The average Bonchev–Trinajstić information content (AvgIpc) is 3.16. The van der Waals surface area contributed by atoms with Crippen molar-refractivity contribution < 1.29 is 22.3 Å². The Hall–Kier alpha value is -1.49. The molecular formula is C13H13F2NO3S. The molecule has 0 heterocycles. The molecule has 0 aromatic heterocycles. The first-order valence-corrected chi connectivity index (χ1v) is 7.51. The van der Waals surface area contributed by atoms with E-state index < -0.39 is 33.2 Å². The summed E-state index contributed by atoms with van der Waals surface area (Å²) in [5, 5.41) is 8.62. The molecule has 0 radical (unpaired) electrons. The van der Waals surface area contributed by atoms with E-state index in [-0.39, 0.29) is 18.0 Å². The maximum atomic E-state index is 13.8. The summed E-state index contributed by atoms with van der Waals surface area (Å²) in [4.78, 5) is -0.680. The molecule has 7 heteroatoms. The minimum absolute atomic E-state index is 0.228. The van der Waals surface area contributed by atoms with Crippen molar-refractivity contribution in [3.05, 3.63) is 29.3 Å². The number of nitrogens with one attached hydrogen (secondary N) is 1. The van der Waals surface area contributed by atoms with Crippen LogP contribution in [0.2, 0.25) is 0 Å². The van der Waals surface area contributed by atoms with E-state index in [0.29, 0.717) is 6.07 Å². The van der Waals surface area contributed by atoms with Gasteiger partial charge in [0.2, 0.25) is 10.0 Å². The summed E-state index contributed by atoms with van der Waals surface area (Å²) in [6, 6.07) is 1.33. The van der Waals surface area contributed by atoms with Gasteiger partial charge in [-0.25, -0.2) is 21.9 Å².